The van der Waals surface area contributed by atoms with Crippen LogP contribution in [-0.2, 0) is 0 Å². The summed E-state index contributed by atoms with van der Waals surface area (Å²) in [6.07, 6.45) is 0. The molecular formula is C11H14ClN. The molecule has 0 radical (unpaired) electrons. The lowest BCUT2D eigenvalue weighted by Crippen LogP contribution is -2.08. The van der Waals surface area contributed by atoms with E-state index < -0.39 is 0 Å². The third-order valence-electron chi connectivity index (χ3n) is 2.82. The summed E-state index contributed by atoms with van der Waals surface area (Å²) in [4.78, 5) is 0. The van der Waals surface area contributed by atoms with Crippen LogP contribution in [0.5, 0.6) is 0 Å². The van der Waals surface area contributed by atoms with Crippen molar-refractivity contribution in [2.45, 2.75) is 12.8 Å². The van der Waals surface area contributed by atoms with Gasteiger partial charge >= 0.3 is 0 Å². The highest BCUT2D eigenvalue weighted by molar-refractivity contribution is 6.31. The van der Waals surface area contributed by atoms with Gasteiger partial charge in [-0.1, -0.05) is 36.7 Å². The molecule has 1 aliphatic heterocycles. The zero-order chi connectivity index (χ0) is 9.26. The number of hydrogen-bond acceptors (Lipinski definition) is 1. The van der Waals surface area contributed by atoms with Gasteiger partial charge in [0.15, 0.2) is 0 Å². The van der Waals surface area contributed by atoms with Gasteiger partial charge in [0.1, 0.15) is 0 Å². The zero-order valence-corrected chi connectivity index (χ0v) is 8.51. The second kappa shape index (κ2) is 3.69. The molecule has 0 bridgehead atoms. The first-order valence-electron chi connectivity index (χ1n) is 4.74. The topological polar surface area (TPSA) is 12.0 Å². The number of nitrogens with one attached hydrogen (secondary N) is 1. The lowest BCUT2D eigenvalue weighted by molar-refractivity contribution is 0.572. The molecule has 70 valence electrons. The molecule has 1 aromatic rings. The lowest BCUT2D eigenvalue weighted by Gasteiger charge is -2.15. The van der Waals surface area contributed by atoms with Crippen molar-refractivity contribution in [2.24, 2.45) is 5.92 Å². The quantitative estimate of drug-likeness (QED) is 0.727. The van der Waals surface area contributed by atoms with Crippen molar-refractivity contribution in [3.63, 3.8) is 0 Å². The molecule has 0 aromatic heterocycles. The smallest absolute Gasteiger partial charge is 0.0441 e. The van der Waals surface area contributed by atoms with Gasteiger partial charge in [-0.25, -0.2) is 0 Å². The van der Waals surface area contributed by atoms with Gasteiger partial charge in [0.2, 0.25) is 0 Å². The van der Waals surface area contributed by atoms with Crippen LogP contribution in [-0.4, -0.2) is 13.1 Å². The molecule has 1 nitrogen and oxygen atoms in total. The predicted octanol–water partition coefficient (Wildman–Crippen LogP) is 2.66. The molecule has 1 aromatic carbocycles. The number of hydrogen-bond donors (Lipinski definition) is 1. The van der Waals surface area contributed by atoms with E-state index >= 15 is 0 Å². The Kier molecular flexibility index (Phi) is 2.56. The summed E-state index contributed by atoms with van der Waals surface area (Å²) in [6.45, 7) is 4.44. The average Bonchev–Trinajstić information content (AvgIpc) is 2.52. The van der Waals surface area contributed by atoms with E-state index in [0.29, 0.717) is 11.8 Å². The molecule has 2 atom stereocenters. The fraction of sp³-hybridized carbons (Fsp3) is 0.455. The maximum atomic E-state index is 6.14. The van der Waals surface area contributed by atoms with Gasteiger partial charge < -0.3 is 5.32 Å². The molecule has 0 amide bonds. The lowest BCUT2D eigenvalue weighted by atomic mass is 9.90. The first kappa shape index (κ1) is 9.04. The number of halogens is 1. The Bertz CT molecular complexity index is 298. The summed E-state index contributed by atoms with van der Waals surface area (Å²) in [6, 6.07) is 8.16. The van der Waals surface area contributed by atoms with Crippen molar-refractivity contribution in [3.05, 3.63) is 34.9 Å². The van der Waals surface area contributed by atoms with Crippen LogP contribution in [0.1, 0.15) is 18.4 Å². The molecule has 2 unspecified atom stereocenters. The molecule has 1 saturated heterocycles. The summed E-state index contributed by atoms with van der Waals surface area (Å²) in [7, 11) is 0. The summed E-state index contributed by atoms with van der Waals surface area (Å²) in [5.41, 5.74) is 1.29. The highest BCUT2D eigenvalue weighted by Crippen LogP contribution is 2.32. The van der Waals surface area contributed by atoms with Gasteiger partial charge in [-0.2, -0.15) is 0 Å². The molecule has 2 rings (SSSR count). The minimum absolute atomic E-state index is 0.591. The van der Waals surface area contributed by atoms with E-state index in [4.69, 9.17) is 11.6 Å². The fourth-order valence-electron chi connectivity index (χ4n) is 2.00. The van der Waals surface area contributed by atoms with E-state index in [2.05, 4.69) is 24.4 Å². The highest BCUT2D eigenvalue weighted by Gasteiger charge is 2.25. The van der Waals surface area contributed by atoms with Crippen molar-refractivity contribution >= 4 is 11.6 Å². The number of rotatable bonds is 1. The maximum absolute atomic E-state index is 6.14. The second-order valence-corrected chi connectivity index (χ2v) is 4.17. The largest absolute Gasteiger partial charge is 0.316 e. The number of benzene rings is 1. The molecule has 1 N–H and O–H groups in total. The Labute approximate surface area is 84.1 Å². The SMILES string of the molecule is CC1CNCC1c1ccccc1Cl. The molecule has 0 aliphatic carbocycles. The monoisotopic (exact) mass is 195 g/mol. The van der Waals surface area contributed by atoms with Gasteiger partial charge in [-0.3, -0.25) is 0 Å². The second-order valence-electron chi connectivity index (χ2n) is 3.76. The molecule has 0 saturated carbocycles. The Balaban J connectivity index is 2.29. The van der Waals surface area contributed by atoms with Crippen LogP contribution >= 0.6 is 11.6 Å². The van der Waals surface area contributed by atoms with Gasteiger partial charge in [-0.05, 0) is 24.1 Å². The minimum atomic E-state index is 0.591. The fourth-order valence-corrected chi connectivity index (χ4v) is 2.28. The van der Waals surface area contributed by atoms with Crippen molar-refractivity contribution in [1.29, 1.82) is 0 Å². The Hall–Kier alpha value is -0.530. The summed E-state index contributed by atoms with van der Waals surface area (Å²) >= 11 is 6.14. The molecule has 1 heterocycles. The third kappa shape index (κ3) is 1.72. The summed E-state index contributed by atoms with van der Waals surface area (Å²) in [5.74, 6) is 1.29. The molecule has 2 heteroatoms. The van der Waals surface area contributed by atoms with Crippen LogP contribution in [0.3, 0.4) is 0 Å². The van der Waals surface area contributed by atoms with E-state index in [1.165, 1.54) is 5.56 Å². The Morgan fingerprint density at radius 3 is 2.69 bits per heavy atom. The molecule has 1 fully saturated rings. The van der Waals surface area contributed by atoms with Crippen molar-refractivity contribution < 1.29 is 0 Å². The van der Waals surface area contributed by atoms with Crippen molar-refractivity contribution in [2.75, 3.05) is 13.1 Å². The normalized spacial score (nSPS) is 27.8. The molecule has 1 aliphatic rings. The standard InChI is InChI=1S/C11H14ClN/c1-8-6-13-7-10(8)9-4-2-3-5-11(9)12/h2-5,8,10,13H,6-7H2,1H3. The Morgan fingerprint density at radius 1 is 1.31 bits per heavy atom. The maximum Gasteiger partial charge on any atom is 0.0441 e. The molecule has 13 heavy (non-hydrogen) atoms. The zero-order valence-electron chi connectivity index (χ0n) is 7.76. The van der Waals surface area contributed by atoms with E-state index in [0.717, 1.165) is 18.1 Å². The van der Waals surface area contributed by atoms with Crippen LogP contribution in [0.25, 0.3) is 0 Å². The molecule has 0 spiro atoms. The van der Waals surface area contributed by atoms with Crippen molar-refractivity contribution in [3.8, 4) is 0 Å². The van der Waals surface area contributed by atoms with Crippen LogP contribution in [0.15, 0.2) is 24.3 Å². The van der Waals surface area contributed by atoms with E-state index in [-0.39, 0.29) is 0 Å². The summed E-state index contributed by atoms with van der Waals surface area (Å²) in [5, 5.41) is 4.29. The van der Waals surface area contributed by atoms with Crippen LogP contribution in [0.4, 0.5) is 0 Å². The van der Waals surface area contributed by atoms with Gasteiger partial charge in [0.05, 0.1) is 0 Å². The van der Waals surface area contributed by atoms with Crippen LogP contribution in [0.2, 0.25) is 5.02 Å². The predicted molar refractivity (Wildman–Crippen MR) is 56.2 cm³/mol. The Morgan fingerprint density at radius 2 is 2.08 bits per heavy atom. The van der Waals surface area contributed by atoms with Crippen LogP contribution < -0.4 is 5.32 Å². The van der Waals surface area contributed by atoms with E-state index in [1.807, 2.05) is 12.1 Å². The van der Waals surface area contributed by atoms with E-state index in [9.17, 15) is 0 Å². The third-order valence-corrected chi connectivity index (χ3v) is 3.17. The van der Waals surface area contributed by atoms with Crippen LogP contribution in [0, 0.1) is 5.92 Å². The van der Waals surface area contributed by atoms with Crippen molar-refractivity contribution in [1.82, 2.24) is 5.32 Å². The first-order valence-corrected chi connectivity index (χ1v) is 5.12. The first-order chi connectivity index (χ1) is 6.29. The summed E-state index contributed by atoms with van der Waals surface area (Å²) < 4.78 is 0. The minimum Gasteiger partial charge on any atom is -0.316 e. The van der Waals surface area contributed by atoms with Gasteiger partial charge in [0, 0.05) is 17.5 Å². The van der Waals surface area contributed by atoms with Gasteiger partial charge in [0.25, 0.3) is 0 Å². The van der Waals surface area contributed by atoms with Gasteiger partial charge in [-0.15, -0.1) is 0 Å². The van der Waals surface area contributed by atoms with E-state index in [1.54, 1.807) is 0 Å². The highest BCUT2D eigenvalue weighted by atomic mass is 35.5. The molecular weight excluding hydrogens is 182 g/mol. The average molecular weight is 196 g/mol.